The summed E-state index contributed by atoms with van der Waals surface area (Å²) in [6.45, 7) is 16.5. The highest BCUT2D eigenvalue weighted by Crippen LogP contribution is 2.12. The van der Waals surface area contributed by atoms with Crippen LogP contribution in [0.15, 0.2) is 17.5 Å². The van der Waals surface area contributed by atoms with E-state index in [4.69, 9.17) is 17.2 Å². The van der Waals surface area contributed by atoms with Crippen LogP contribution in [0.3, 0.4) is 0 Å². The molecule has 10 atom stereocenters. The number of nitrogens with zero attached hydrogens (tertiary/aromatic N) is 2. The molecular formula is C49H85N15O13S. The van der Waals surface area contributed by atoms with Gasteiger partial charge in [0.15, 0.2) is 5.96 Å². The number of hydrogen-bond acceptors (Lipinski definition) is 15. The molecule has 1 rings (SSSR count). The highest BCUT2D eigenvalue weighted by atomic mass is 32.2. The number of rotatable bonds is 36. The highest BCUT2D eigenvalue weighted by molar-refractivity contribution is 7.98. The van der Waals surface area contributed by atoms with Gasteiger partial charge in [-0.25, -0.2) is 9.78 Å². The molecule has 78 heavy (non-hydrogen) atoms. The van der Waals surface area contributed by atoms with Crippen molar-refractivity contribution in [3.05, 3.63) is 18.2 Å². The standard InChI is InChI=1S/C49H85N15O13S/c1-23(2)17-32(42(70)56-27(9)39(67)58-30(14-16-78-11)41(69)59-31(48(76)77)13-12-15-54-49(51)52)61-44(72)33(18-24(3)4)60-40(68)28(10)57-43(71)35(20-36(65)66)63-47(75)38(26(7)8)64-45(73)34(19-29-21-53-22-55-29)62-46(74)37(50)25(5)6/h21-28,30-35,37-38H,12-20,50H2,1-11H3,(H,53,55)(H,56,70)(H,57,71)(H,58,67)(H,59,69)(H,60,68)(H,61,72)(H,62,74)(H,63,75)(H,64,73)(H,65,66)(H,76,77)(H4,51,52,54)/t27-,28-,30-,31-,32-,33-,34-,35-,37-,38-/m0/s1. The number of aliphatic carboxylic acids is 2. The molecule has 0 spiro atoms. The fraction of sp³-hybridized carbons (Fsp3) is 0.694. The third-order valence-electron chi connectivity index (χ3n) is 11.9. The van der Waals surface area contributed by atoms with Crippen LogP contribution in [0.2, 0.25) is 0 Å². The molecule has 0 fully saturated rings. The zero-order valence-electron chi connectivity index (χ0n) is 46.5. The first-order valence-corrected chi connectivity index (χ1v) is 27.2. The number of nitrogens with two attached hydrogens (primary N) is 3. The van der Waals surface area contributed by atoms with Crippen molar-refractivity contribution in [1.82, 2.24) is 57.8 Å². The van der Waals surface area contributed by atoms with Crippen LogP contribution >= 0.6 is 11.8 Å². The predicted octanol–water partition coefficient (Wildman–Crippen LogP) is -2.55. The van der Waals surface area contributed by atoms with Gasteiger partial charge in [0, 0.05) is 24.9 Å². The summed E-state index contributed by atoms with van der Waals surface area (Å²) < 4.78 is 0. The van der Waals surface area contributed by atoms with Gasteiger partial charge in [-0.3, -0.25) is 52.9 Å². The van der Waals surface area contributed by atoms with Crippen LogP contribution in [0.4, 0.5) is 0 Å². The second-order valence-corrected chi connectivity index (χ2v) is 21.5. The lowest BCUT2D eigenvalue weighted by molar-refractivity contribution is -0.142. The Morgan fingerprint density at radius 3 is 1.50 bits per heavy atom. The number of H-pyrrole nitrogens is 1. The Bertz CT molecular complexity index is 2210. The van der Waals surface area contributed by atoms with Gasteiger partial charge in [-0.15, -0.1) is 0 Å². The van der Waals surface area contributed by atoms with Gasteiger partial charge in [-0.05, 0) is 81.6 Å². The molecular weight excluding hydrogens is 1040 g/mol. The number of aromatic amines is 1. The van der Waals surface area contributed by atoms with Crippen LogP contribution in [-0.2, 0) is 59.2 Å². The van der Waals surface area contributed by atoms with Crippen molar-refractivity contribution < 1.29 is 63.0 Å². The largest absolute Gasteiger partial charge is 0.481 e. The lowest BCUT2D eigenvalue weighted by atomic mass is 9.99. The molecule has 0 unspecified atom stereocenters. The van der Waals surface area contributed by atoms with Crippen molar-refractivity contribution in [2.45, 2.75) is 175 Å². The summed E-state index contributed by atoms with van der Waals surface area (Å²) in [5.74, 6) is -11.4. The fourth-order valence-corrected chi connectivity index (χ4v) is 7.87. The Morgan fingerprint density at radius 1 is 0.577 bits per heavy atom. The third kappa shape index (κ3) is 25.9. The number of carboxylic acids is 2. The van der Waals surface area contributed by atoms with E-state index in [1.807, 2.05) is 0 Å². The maximum Gasteiger partial charge on any atom is 0.326 e. The first-order chi connectivity index (χ1) is 36.4. The summed E-state index contributed by atoms with van der Waals surface area (Å²) in [6, 6.07) is -13.1. The normalized spacial score (nSPS) is 15.1. The van der Waals surface area contributed by atoms with E-state index in [-0.39, 0.29) is 68.8 Å². The van der Waals surface area contributed by atoms with Gasteiger partial charge in [0.1, 0.15) is 54.4 Å². The molecule has 1 aromatic heterocycles. The molecule has 0 radical (unpaired) electrons. The number of carbonyl (C=O) groups excluding carboxylic acids is 9. The topological polar surface area (TPSA) is 456 Å². The molecule has 0 aliphatic heterocycles. The van der Waals surface area contributed by atoms with Crippen molar-refractivity contribution in [1.29, 1.82) is 0 Å². The average Bonchev–Trinajstić information content (AvgIpc) is 3.86. The molecule has 0 aromatic carbocycles. The molecule has 0 aliphatic rings. The molecule has 0 saturated heterocycles. The molecule has 1 heterocycles. The Labute approximate surface area is 459 Å². The summed E-state index contributed by atoms with van der Waals surface area (Å²) in [5, 5.41) is 42.2. The van der Waals surface area contributed by atoms with Crippen LogP contribution < -0.4 is 65.1 Å². The van der Waals surface area contributed by atoms with E-state index in [0.29, 0.717) is 11.4 Å². The van der Waals surface area contributed by atoms with Gasteiger partial charge in [0.2, 0.25) is 53.2 Å². The Morgan fingerprint density at radius 2 is 1.04 bits per heavy atom. The third-order valence-corrected chi connectivity index (χ3v) is 12.5. The summed E-state index contributed by atoms with van der Waals surface area (Å²) in [5.41, 5.74) is 17.2. The van der Waals surface area contributed by atoms with E-state index >= 15 is 0 Å². The number of carbonyl (C=O) groups is 11. The molecule has 28 nitrogen and oxygen atoms in total. The number of hydrogen-bond donors (Lipinski definition) is 15. The summed E-state index contributed by atoms with van der Waals surface area (Å²) in [7, 11) is 0. The number of imidazole rings is 1. The number of guanidine groups is 1. The van der Waals surface area contributed by atoms with Crippen LogP contribution in [0.25, 0.3) is 0 Å². The van der Waals surface area contributed by atoms with Crippen molar-refractivity contribution in [2.75, 3.05) is 18.6 Å². The van der Waals surface area contributed by atoms with Crippen molar-refractivity contribution >= 4 is 82.8 Å². The maximum absolute atomic E-state index is 14.0. The first kappa shape index (κ1) is 69.0. The van der Waals surface area contributed by atoms with Crippen molar-refractivity contribution in [3.8, 4) is 0 Å². The fourth-order valence-electron chi connectivity index (χ4n) is 7.40. The second-order valence-electron chi connectivity index (χ2n) is 20.5. The summed E-state index contributed by atoms with van der Waals surface area (Å²) >= 11 is 1.38. The van der Waals surface area contributed by atoms with Gasteiger partial charge in [-0.1, -0.05) is 55.4 Å². The van der Waals surface area contributed by atoms with Gasteiger partial charge < -0.3 is 80.2 Å². The minimum absolute atomic E-state index is 0.00914. The Kier molecular flexibility index (Phi) is 30.7. The van der Waals surface area contributed by atoms with E-state index in [2.05, 4.69) is 62.8 Å². The van der Waals surface area contributed by atoms with Crippen molar-refractivity contribution in [2.24, 2.45) is 45.9 Å². The number of amides is 9. The molecule has 9 amide bonds. The second kappa shape index (κ2) is 34.7. The summed E-state index contributed by atoms with van der Waals surface area (Å²) in [4.78, 5) is 157. The number of aromatic nitrogens is 2. The van der Waals surface area contributed by atoms with Gasteiger partial charge in [0.25, 0.3) is 0 Å². The Hall–Kier alpha value is -7.04. The number of thioether (sulfide) groups is 1. The minimum Gasteiger partial charge on any atom is -0.481 e. The monoisotopic (exact) mass is 1120 g/mol. The molecule has 0 bridgehead atoms. The van der Waals surface area contributed by atoms with Crippen LogP contribution in [0, 0.1) is 23.7 Å². The van der Waals surface area contributed by atoms with E-state index in [0.717, 1.165) is 0 Å². The average molecular weight is 1120 g/mol. The van der Waals surface area contributed by atoms with Crippen molar-refractivity contribution in [3.63, 3.8) is 0 Å². The molecule has 29 heteroatoms. The smallest absolute Gasteiger partial charge is 0.326 e. The molecule has 1 aromatic rings. The lowest BCUT2D eigenvalue weighted by Crippen LogP contribution is -2.61. The highest BCUT2D eigenvalue weighted by Gasteiger charge is 2.36. The van der Waals surface area contributed by atoms with Gasteiger partial charge in [0.05, 0.1) is 18.8 Å². The SMILES string of the molecule is CSCC[C@H](NC(=O)[C@H](C)NC(=O)[C@H](CC(C)C)NC(=O)[C@H](CC(C)C)NC(=O)[C@H](C)NC(=O)[C@H](CC(=O)O)NC(=O)[C@@H](NC(=O)[C@H](Cc1cnc[nH]1)NC(=O)[C@@H](N)C(C)C)C(C)C)C(=O)N[C@@H](CCCN=C(N)N)C(=O)O. The number of nitrogens with one attached hydrogen (secondary N) is 10. The summed E-state index contributed by atoms with van der Waals surface area (Å²) in [6.07, 6.45) is 4.04. The van der Waals surface area contributed by atoms with Crippen LogP contribution in [0.5, 0.6) is 0 Å². The zero-order valence-corrected chi connectivity index (χ0v) is 47.3. The van der Waals surface area contributed by atoms with Gasteiger partial charge in [-0.2, -0.15) is 11.8 Å². The quantitative estimate of drug-likeness (QED) is 0.0187. The van der Waals surface area contributed by atoms with Gasteiger partial charge >= 0.3 is 11.9 Å². The molecule has 440 valence electrons. The predicted molar refractivity (Wildman–Crippen MR) is 290 cm³/mol. The Balaban J connectivity index is 3.22. The zero-order chi connectivity index (χ0) is 59.6. The first-order valence-electron chi connectivity index (χ1n) is 25.8. The van der Waals surface area contributed by atoms with Crippen LogP contribution in [0.1, 0.15) is 113 Å². The number of carboxylic acid groups (broad SMARTS) is 2. The van der Waals surface area contributed by atoms with E-state index in [9.17, 15) is 63.0 Å². The molecule has 18 N–H and O–H groups in total. The van der Waals surface area contributed by atoms with E-state index < -0.39 is 138 Å². The lowest BCUT2D eigenvalue weighted by Gasteiger charge is -2.28. The molecule has 0 aliphatic carbocycles. The molecule has 0 saturated carbocycles. The maximum atomic E-state index is 14.0. The number of aliphatic imine (C=N–C) groups is 1. The minimum atomic E-state index is -1.77. The van der Waals surface area contributed by atoms with Crippen LogP contribution in [-0.4, -0.2) is 170 Å². The van der Waals surface area contributed by atoms with E-state index in [1.165, 1.54) is 38.1 Å². The van der Waals surface area contributed by atoms with E-state index in [1.54, 1.807) is 61.6 Å².